The van der Waals surface area contributed by atoms with Gasteiger partial charge in [-0.2, -0.15) is 0 Å². The van der Waals surface area contributed by atoms with Gasteiger partial charge in [-0.1, -0.05) is 158 Å². The number of aryl methyl sites for hydroxylation is 2. The third kappa shape index (κ3) is 6.60. The first-order valence-corrected chi connectivity index (χ1v) is 24.8. The molecule has 15 aromatic rings. The molecule has 0 N–H and O–H groups in total. The minimum atomic E-state index is 1.17. The van der Waals surface area contributed by atoms with Gasteiger partial charge in [-0.15, -0.1) is 0 Å². The minimum Gasteiger partial charge on any atom is -0.344 e. The van der Waals surface area contributed by atoms with E-state index in [1.54, 1.807) is 0 Å². The summed E-state index contributed by atoms with van der Waals surface area (Å²) in [7, 11) is 2.15. The highest BCUT2D eigenvalue weighted by atomic mass is 15.0. The quantitative estimate of drug-likeness (QED) is 0.164. The molecule has 0 atom stereocenters. The van der Waals surface area contributed by atoms with E-state index in [9.17, 15) is 0 Å². The molecule has 11 aromatic carbocycles. The zero-order chi connectivity index (χ0) is 47.9. The molecule has 4 heteroatoms. The van der Waals surface area contributed by atoms with Crippen molar-refractivity contribution in [1.82, 2.24) is 18.3 Å². The van der Waals surface area contributed by atoms with E-state index in [1.165, 1.54) is 132 Å². The van der Waals surface area contributed by atoms with Crippen LogP contribution in [0.1, 0.15) is 5.56 Å². The Hall–Kier alpha value is -9.38. The van der Waals surface area contributed by atoms with Gasteiger partial charge in [-0.05, 0) is 132 Å². The molecule has 0 bridgehead atoms. The number of nitrogens with zero attached hydrogens (tertiary/aromatic N) is 4. The highest BCUT2D eigenvalue weighted by Crippen LogP contribution is 2.39. The predicted octanol–water partition coefficient (Wildman–Crippen LogP) is 18.0. The number of rotatable bonds is 5. The van der Waals surface area contributed by atoms with Gasteiger partial charge in [0.15, 0.2) is 0 Å². The molecule has 0 unspecified atom stereocenters. The summed E-state index contributed by atoms with van der Waals surface area (Å²) in [6.07, 6.45) is 0. The van der Waals surface area contributed by atoms with Crippen LogP contribution in [0.2, 0.25) is 0 Å². The number of benzene rings is 11. The van der Waals surface area contributed by atoms with Crippen molar-refractivity contribution < 1.29 is 0 Å². The molecule has 4 heterocycles. The highest BCUT2D eigenvalue weighted by molar-refractivity contribution is 6.13. The molecular weight excluding hydrogens is 873 g/mol. The first-order chi connectivity index (χ1) is 35.6. The molecule has 0 aliphatic carbocycles. The second kappa shape index (κ2) is 16.6. The summed E-state index contributed by atoms with van der Waals surface area (Å²) < 4.78 is 9.43. The third-order valence-electron chi connectivity index (χ3n) is 14.9. The van der Waals surface area contributed by atoms with Crippen molar-refractivity contribution in [1.29, 1.82) is 0 Å². The van der Waals surface area contributed by atoms with Crippen LogP contribution < -0.4 is 0 Å². The summed E-state index contributed by atoms with van der Waals surface area (Å²) in [4.78, 5) is 0. The van der Waals surface area contributed by atoms with E-state index in [0.717, 1.165) is 0 Å². The summed E-state index contributed by atoms with van der Waals surface area (Å²) in [5.41, 5.74) is 19.6. The van der Waals surface area contributed by atoms with E-state index in [1.807, 2.05) is 0 Å². The largest absolute Gasteiger partial charge is 0.344 e. The lowest BCUT2D eigenvalue weighted by Crippen LogP contribution is -1.95. The van der Waals surface area contributed by atoms with Crippen LogP contribution in [0.4, 0.5) is 0 Å². The smallest absolute Gasteiger partial charge is 0.0541 e. The summed E-state index contributed by atoms with van der Waals surface area (Å²) >= 11 is 0. The molecule has 0 amide bonds. The monoisotopic (exact) mass is 920 g/mol. The third-order valence-corrected chi connectivity index (χ3v) is 14.9. The van der Waals surface area contributed by atoms with Crippen molar-refractivity contribution in [2.24, 2.45) is 7.05 Å². The van der Waals surface area contributed by atoms with Crippen LogP contribution in [0.5, 0.6) is 0 Å². The van der Waals surface area contributed by atoms with Gasteiger partial charge < -0.3 is 18.3 Å². The van der Waals surface area contributed by atoms with Crippen molar-refractivity contribution in [2.75, 3.05) is 0 Å². The number of hydrogen-bond acceptors (Lipinski definition) is 0. The number of hydrogen-bond donors (Lipinski definition) is 0. The van der Waals surface area contributed by atoms with Crippen LogP contribution in [0.25, 0.3) is 127 Å². The van der Waals surface area contributed by atoms with Crippen molar-refractivity contribution in [2.45, 2.75) is 6.92 Å². The van der Waals surface area contributed by atoms with E-state index in [2.05, 4.69) is 287 Å². The number of para-hydroxylation sites is 6. The molecule has 0 aliphatic heterocycles. The van der Waals surface area contributed by atoms with Gasteiger partial charge in [0.2, 0.25) is 0 Å². The molecule has 340 valence electrons. The first kappa shape index (κ1) is 41.6. The van der Waals surface area contributed by atoms with Crippen molar-refractivity contribution >= 4 is 87.2 Å². The normalized spacial score (nSPS) is 11.8. The Balaban J connectivity index is 0.000000136. The fourth-order valence-electron chi connectivity index (χ4n) is 11.6. The minimum absolute atomic E-state index is 1.17. The molecule has 0 spiro atoms. The van der Waals surface area contributed by atoms with Gasteiger partial charge in [0, 0.05) is 78.2 Å². The maximum atomic E-state index is 2.39. The van der Waals surface area contributed by atoms with E-state index in [-0.39, 0.29) is 0 Å². The molecule has 0 fully saturated rings. The Morgan fingerprint density at radius 1 is 0.222 bits per heavy atom. The van der Waals surface area contributed by atoms with Gasteiger partial charge in [0.1, 0.15) is 0 Å². The van der Waals surface area contributed by atoms with Gasteiger partial charge in [-0.25, -0.2) is 0 Å². The van der Waals surface area contributed by atoms with Crippen molar-refractivity contribution in [3.8, 4) is 39.3 Å². The molecule has 0 radical (unpaired) electrons. The molecule has 4 aromatic heterocycles. The lowest BCUT2D eigenvalue weighted by Gasteiger charge is -2.11. The fourth-order valence-corrected chi connectivity index (χ4v) is 11.6. The van der Waals surface area contributed by atoms with E-state index < -0.39 is 0 Å². The SMILES string of the molecule is Cc1cccc(-n2c3ccccc3c3cc(-c4cccc(-n5c6ccccc6c6ccccc65)c4)ccc32)c1.Cn1c2ccccc2c2cc(-c3cccc(-n4c5ccccc5c5ccccc54)c3)ccc21. The molecule has 72 heavy (non-hydrogen) atoms. The average molecular weight is 921 g/mol. The van der Waals surface area contributed by atoms with Crippen LogP contribution in [-0.2, 0) is 7.05 Å². The standard InChI is InChI=1S/C37H26N2.C31H22N2/c1-25-10-8-12-28(22-25)38-36-19-7-4-16-32(36)33-24-27(20-21-37(33)38)26-11-9-13-29(23-26)39-34-17-5-2-14-30(34)31-15-3-6-18-35(31)39;1-32-28-14-5-2-13-26(28)27-20-22(17-18-29(27)32)21-9-8-10-23(19-21)33-30-15-6-3-11-24(30)25-12-4-7-16-31(25)33/h2-24H,1H3;2-20H,1H3. The molecule has 15 rings (SSSR count). The van der Waals surface area contributed by atoms with E-state index >= 15 is 0 Å². The maximum absolute atomic E-state index is 2.39. The van der Waals surface area contributed by atoms with Gasteiger partial charge >= 0.3 is 0 Å². The molecule has 4 nitrogen and oxygen atoms in total. The summed E-state index contributed by atoms with van der Waals surface area (Å²) in [6.45, 7) is 2.15. The zero-order valence-electron chi connectivity index (χ0n) is 40.0. The Bertz CT molecular complexity index is 4500. The Kier molecular flexibility index (Phi) is 9.62. The zero-order valence-corrected chi connectivity index (χ0v) is 40.0. The summed E-state index contributed by atoms with van der Waals surface area (Å²) in [5.74, 6) is 0. The second-order valence-corrected chi connectivity index (χ2v) is 19.1. The lowest BCUT2D eigenvalue weighted by atomic mass is 10.0. The maximum Gasteiger partial charge on any atom is 0.0541 e. The van der Waals surface area contributed by atoms with Gasteiger partial charge in [-0.3, -0.25) is 0 Å². The van der Waals surface area contributed by atoms with Crippen LogP contribution in [0.3, 0.4) is 0 Å². The Labute approximate surface area is 417 Å². The summed E-state index contributed by atoms with van der Waals surface area (Å²) in [6, 6.07) is 92.4. The van der Waals surface area contributed by atoms with Crippen molar-refractivity contribution in [3.05, 3.63) is 260 Å². The lowest BCUT2D eigenvalue weighted by molar-refractivity contribution is 1.01. The fraction of sp³-hybridized carbons (Fsp3) is 0.0294. The van der Waals surface area contributed by atoms with Crippen LogP contribution >= 0.6 is 0 Å². The summed E-state index contributed by atoms with van der Waals surface area (Å²) in [5, 5.41) is 10.3. The van der Waals surface area contributed by atoms with Crippen LogP contribution in [0, 0.1) is 6.92 Å². The average Bonchev–Trinajstić information content (AvgIpc) is 4.16. The predicted molar refractivity (Wildman–Crippen MR) is 305 cm³/mol. The Morgan fingerprint density at radius 3 is 0.944 bits per heavy atom. The molecular formula is C68H48N4. The number of aromatic nitrogens is 4. The number of fused-ring (bicyclic) bond motifs is 12. The highest BCUT2D eigenvalue weighted by Gasteiger charge is 2.17. The van der Waals surface area contributed by atoms with E-state index in [0.29, 0.717) is 0 Å². The second-order valence-electron chi connectivity index (χ2n) is 19.1. The first-order valence-electron chi connectivity index (χ1n) is 24.8. The topological polar surface area (TPSA) is 19.7 Å². The van der Waals surface area contributed by atoms with Crippen LogP contribution in [0.15, 0.2) is 255 Å². The van der Waals surface area contributed by atoms with Crippen molar-refractivity contribution in [3.63, 3.8) is 0 Å². The molecule has 0 saturated carbocycles. The van der Waals surface area contributed by atoms with E-state index in [4.69, 9.17) is 0 Å². The van der Waals surface area contributed by atoms with Gasteiger partial charge in [0.05, 0.1) is 33.1 Å². The Morgan fingerprint density at radius 2 is 0.514 bits per heavy atom. The molecule has 0 saturated heterocycles. The van der Waals surface area contributed by atoms with Crippen LogP contribution in [-0.4, -0.2) is 18.3 Å². The van der Waals surface area contributed by atoms with Gasteiger partial charge in [0.25, 0.3) is 0 Å². The molecule has 0 aliphatic rings.